The van der Waals surface area contributed by atoms with Gasteiger partial charge in [-0.3, -0.25) is 9.66 Å². The van der Waals surface area contributed by atoms with Crippen LogP contribution >= 0.6 is 12.2 Å². The molecular weight excluding hydrogens is 358 g/mol. The maximum atomic E-state index is 5.68. The standard InChI is InChI=1S/C19H23N7S/c1-4-9-25-18(17(23-19(25)27)16-7-5-6-8-20-16)15-10-13(2)26(14(15)3)24-11-21-22-12-24/h5-8,10-12,17-18H,4,9H2,1-3H3,(H,23,27)/t17-,18-/m1/s1. The van der Waals surface area contributed by atoms with Crippen LogP contribution in [0.15, 0.2) is 43.1 Å². The Labute approximate surface area is 164 Å². The molecule has 0 aromatic carbocycles. The minimum Gasteiger partial charge on any atom is -0.352 e. The van der Waals surface area contributed by atoms with Crippen LogP contribution in [0.2, 0.25) is 0 Å². The fraction of sp³-hybridized carbons (Fsp3) is 0.368. The molecule has 140 valence electrons. The summed E-state index contributed by atoms with van der Waals surface area (Å²) in [6, 6.07) is 8.35. The summed E-state index contributed by atoms with van der Waals surface area (Å²) in [6.45, 7) is 7.30. The molecule has 2 atom stereocenters. The lowest BCUT2D eigenvalue weighted by Crippen LogP contribution is -2.30. The highest BCUT2D eigenvalue weighted by molar-refractivity contribution is 7.80. The van der Waals surface area contributed by atoms with E-state index in [9.17, 15) is 0 Å². The van der Waals surface area contributed by atoms with Crippen LogP contribution in [-0.4, -0.2) is 41.1 Å². The van der Waals surface area contributed by atoms with Gasteiger partial charge in [0.1, 0.15) is 12.7 Å². The van der Waals surface area contributed by atoms with E-state index < -0.39 is 0 Å². The quantitative estimate of drug-likeness (QED) is 0.686. The smallest absolute Gasteiger partial charge is 0.170 e. The molecule has 4 rings (SSSR count). The van der Waals surface area contributed by atoms with Gasteiger partial charge < -0.3 is 10.2 Å². The van der Waals surface area contributed by atoms with Crippen molar-refractivity contribution in [1.29, 1.82) is 0 Å². The van der Waals surface area contributed by atoms with E-state index in [-0.39, 0.29) is 12.1 Å². The zero-order valence-electron chi connectivity index (χ0n) is 15.7. The molecule has 27 heavy (non-hydrogen) atoms. The second-order valence-corrected chi connectivity index (χ2v) is 7.19. The molecule has 0 radical (unpaired) electrons. The van der Waals surface area contributed by atoms with Crippen molar-refractivity contribution in [1.82, 2.24) is 34.8 Å². The van der Waals surface area contributed by atoms with Gasteiger partial charge >= 0.3 is 0 Å². The molecule has 1 aliphatic heterocycles. The highest BCUT2D eigenvalue weighted by Gasteiger charge is 2.40. The Morgan fingerprint density at radius 3 is 2.63 bits per heavy atom. The molecule has 1 fully saturated rings. The second kappa shape index (κ2) is 7.11. The van der Waals surface area contributed by atoms with Crippen molar-refractivity contribution in [2.45, 2.75) is 39.3 Å². The zero-order chi connectivity index (χ0) is 19.0. The first kappa shape index (κ1) is 17.7. The number of thiocarbonyl (C=S) groups is 1. The Morgan fingerprint density at radius 1 is 1.19 bits per heavy atom. The molecule has 3 aromatic heterocycles. The van der Waals surface area contributed by atoms with Gasteiger partial charge in [0, 0.05) is 29.7 Å². The largest absolute Gasteiger partial charge is 0.352 e. The summed E-state index contributed by atoms with van der Waals surface area (Å²) in [5, 5.41) is 12.2. The predicted octanol–water partition coefficient (Wildman–Crippen LogP) is 2.79. The number of aryl methyl sites for hydroxylation is 1. The Hall–Kier alpha value is -2.74. The van der Waals surface area contributed by atoms with Crippen LogP contribution in [0.4, 0.5) is 0 Å². The number of nitrogens with zero attached hydrogens (tertiary/aromatic N) is 6. The fourth-order valence-corrected chi connectivity index (χ4v) is 4.29. The van der Waals surface area contributed by atoms with E-state index in [0.29, 0.717) is 0 Å². The van der Waals surface area contributed by atoms with Crippen LogP contribution in [0.3, 0.4) is 0 Å². The highest BCUT2D eigenvalue weighted by Crippen LogP contribution is 2.40. The van der Waals surface area contributed by atoms with Crippen LogP contribution in [0.1, 0.15) is 48.1 Å². The van der Waals surface area contributed by atoms with E-state index in [1.807, 2.05) is 23.0 Å². The Kier molecular flexibility index (Phi) is 4.65. The molecular formula is C19H23N7S. The monoisotopic (exact) mass is 381 g/mol. The number of nitrogens with one attached hydrogen (secondary N) is 1. The van der Waals surface area contributed by atoms with Crippen molar-refractivity contribution in [2.75, 3.05) is 6.54 Å². The first-order valence-electron chi connectivity index (χ1n) is 9.14. The Bertz CT molecular complexity index is 933. The first-order valence-corrected chi connectivity index (χ1v) is 9.54. The van der Waals surface area contributed by atoms with E-state index in [1.165, 1.54) is 5.56 Å². The molecule has 1 aliphatic rings. The summed E-state index contributed by atoms with van der Waals surface area (Å²) in [5.74, 6) is 0. The molecule has 1 N–H and O–H groups in total. The van der Waals surface area contributed by atoms with E-state index in [4.69, 9.17) is 12.2 Å². The van der Waals surface area contributed by atoms with Gasteiger partial charge in [-0.1, -0.05) is 13.0 Å². The van der Waals surface area contributed by atoms with Crippen LogP contribution in [0.25, 0.3) is 0 Å². The zero-order valence-corrected chi connectivity index (χ0v) is 16.5. The lowest BCUT2D eigenvalue weighted by molar-refractivity contribution is 0.316. The van der Waals surface area contributed by atoms with Crippen molar-refractivity contribution in [3.05, 3.63) is 65.8 Å². The number of aromatic nitrogens is 5. The molecule has 8 heteroatoms. The number of hydrogen-bond donors (Lipinski definition) is 1. The summed E-state index contributed by atoms with van der Waals surface area (Å²) in [4.78, 5) is 6.88. The van der Waals surface area contributed by atoms with Crippen LogP contribution < -0.4 is 5.32 Å². The lowest BCUT2D eigenvalue weighted by atomic mass is 9.96. The molecule has 0 spiro atoms. The van der Waals surface area contributed by atoms with Crippen LogP contribution in [0, 0.1) is 13.8 Å². The van der Waals surface area contributed by atoms with E-state index >= 15 is 0 Å². The van der Waals surface area contributed by atoms with Gasteiger partial charge in [0.2, 0.25) is 0 Å². The van der Waals surface area contributed by atoms with Crippen molar-refractivity contribution >= 4 is 17.3 Å². The summed E-state index contributed by atoms with van der Waals surface area (Å²) in [6.07, 6.45) is 6.28. The van der Waals surface area contributed by atoms with Gasteiger partial charge in [-0.05, 0) is 50.7 Å². The fourth-order valence-electron chi connectivity index (χ4n) is 3.96. The highest BCUT2D eigenvalue weighted by atomic mass is 32.1. The first-order chi connectivity index (χ1) is 13.1. The maximum Gasteiger partial charge on any atom is 0.170 e. The van der Waals surface area contributed by atoms with E-state index in [2.05, 4.69) is 63.0 Å². The molecule has 4 heterocycles. The van der Waals surface area contributed by atoms with Crippen LogP contribution in [0.5, 0.6) is 0 Å². The third kappa shape index (κ3) is 2.99. The molecule has 1 saturated heterocycles. The number of rotatable bonds is 5. The molecule has 0 bridgehead atoms. The normalized spacial score (nSPS) is 19.5. The SMILES string of the molecule is CCCN1C(=S)N[C@H](c2ccccn2)[C@H]1c1cc(C)n(-n2cnnc2)c1C. The maximum absolute atomic E-state index is 5.68. The number of hydrogen-bond acceptors (Lipinski definition) is 4. The van der Waals surface area contributed by atoms with Crippen LogP contribution in [-0.2, 0) is 0 Å². The topological polar surface area (TPSA) is 63.8 Å². The lowest BCUT2D eigenvalue weighted by Gasteiger charge is -2.27. The third-order valence-corrected chi connectivity index (χ3v) is 5.40. The minimum atomic E-state index is 0.0140. The average Bonchev–Trinajstić information content (AvgIpc) is 3.36. The Balaban J connectivity index is 1.83. The summed E-state index contributed by atoms with van der Waals surface area (Å²) >= 11 is 5.68. The van der Waals surface area contributed by atoms with Gasteiger partial charge in [-0.25, -0.2) is 4.68 Å². The van der Waals surface area contributed by atoms with Crippen molar-refractivity contribution in [3.63, 3.8) is 0 Å². The minimum absolute atomic E-state index is 0.0140. The van der Waals surface area contributed by atoms with E-state index in [0.717, 1.165) is 35.2 Å². The van der Waals surface area contributed by atoms with Crippen molar-refractivity contribution in [3.8, 4) is 0 Å². The second-order valence-electron chi connectivity index (χ2n) is 6.80. The molecule has 0 saturated carbocycles. The average molecular weight is 382 g/mol. The molecule has 3 aromatic rings. The van der Waals surface area contributed by atoms with Crippen molar-refractivity contribution in [2.24, 2.45) is 0 Å². The van der Waals surface area contributed by atoms with E-state index in [1.54, 1.807) is 12.7 Å². The summed E-state index contributed by atoms with van der Waals surface area (Å²) < 4.78 is 4.02. The van der Waals surface area contributed by atoms with Gasteiger partial charge in [-0.15, -0.1) is 10.2 Å². The Morgan fingerprint density at radius 2 is 1.96 bits per heavy atom. The third-order valence-electron chi connectivity index (χ3n) is 5.05. The van der Waals surface area contributed by atoms with Gasteiger partial charge in [-0.2, -0.15) is 0 Å². The molecule has 0 unspecified atom stereocenters. The molecule has 0 amide bonds. The summed E-state index contributed by atoms with van der Waals surface area (Å²) in [7, 11) is 0. The summed E-state index contributed by atoms with van der Waals surface area (Å²) in [5.41, 5.74) is 4.50. The van der Waals surface area contributed by atoms with Gasteiger partial charge in [0.25, 0.3) is 0 Å². The van der Waals surface area contributed by atoms with Gasteiger partial charge in [0.15, 0.2) is 5.11 Å². The molecule has 0 aliphatic carbocycles. The molecule has 7 nitrogen and oxygen atoms in total. The predicted molar refractivity (Wildman–Crippen MR) is 107 cm³/mol. The van der Waals surface area contributed by atoms with Gasteiger partial charge in [0.05, 0.1) is 17.8 Å². The number of pyridine rings is 1. The van der Waals surface area contributed by atoms with Crippen molar-refractivity contribution < 1.29 is 0 Å².